The minimum Gasteiger partial charge on any atom is -0.438 e. The second-order valence-electron chi connectivity index (χ2n) is 9.66. The van der Waals surface area contributed by atoms with Crippen LogP contribution in [0.25, 0.3) is 0 Å². The lowest BCUT2D eigenvalue weighted by atomic mass is 9.99. The maximum Gasteiger partial charge on any atom is 0.411 e. The molecule has 0 aromatic heterocycles. The van der Waals surface area contributed by atoms with E-state index in [0.29, 0.717) is 28.4 Å². The molecule has 0 spiro atoms. The van der Waals surface area contributed by atoms with E-state index in [1.54, 1.807) is 48.5 Å². The highest BCUT2D eigenvalue weighted by molar-refractivity contribution is 6.31. The summed E-state index contributed by atoms with van der Waals surface area (Å²) in [6.45, 7) is 2.51. The summed E-state index contributed by atoms with van der Waals surface area (Å²) in [5.74, 6) is -0.665. The lowest BCUT2D eigenvalue weighted by molar-refractivity contribution is -0.126. The fourth-order valence-electron chi connectivity index (χ4n) is 4.62. The minimum atomic E-state index is -0.920. The fourth-order valence-corrected chi connectivity index (χ4v) is 4.81. The Morgan fingerprint density at radius 1 is 0.875 bits per heavy atom. The van der Waals surface area contributed by atoms with Gasteiger partial charge in [-0.3, -0.25) is 14.5 Å². The van der Waals surface area contributed by atoms with E-state index in [1.165, 1.54) is 4.90 Å². The molecule has 0 saturated carbocycles. The molecule has 40 heavy (non-hydrogen) atoms. The van der Waals surface area contributed by atoms with Crippen molar-refractivity contribution in [1.82, 2.24) is 10.2 Å². The van der Waals surface area contributed by atoms with Crippen LogP contribution in [-0.2, 0) is 22.6 Å². The summed E-state index contributed by atoms with van der Waals surface area (Å²) in [6.07, 6.45) is -1.46. The largest absolute Gasteiger partial charge is 0.438 e. The van der Waals surface area contributed by atoms with E-state index < -0.39 is 18.2 Å². The third-order valence-corrected chi connectivity index (χ3v) is 6.93. The lowest BCUT2D eigenvalue weighted by Gasteiger charge is -2.24. The zero-order valence-corrected chi connectivity index (χ0v) is 22.6. The maximum atomic E-state index is 13.6. The molecule has 8 heteroatoms. The second-order valence-corrected chi connectivity index (χ2v) is 10.1. The number of nitrogens with zero attached hydrogens (tertiary/aromatic N) is 1. The molecule has 1 aliphatic heterocycles. The molecule has 1 fully saturated rings. The number of anilines is 1. The van der Waals surface area contributed by atoms with Gasteiger partial charge in [0.05, 0.1) is 6.54 Å². The average molecular weight is 554 g/mol. The van der Waals surface area contributed by atoms with Crippen LogP contribution in [0.3, 0.4) is 0 Å². The molecule has 1 aliphatic rings. The van der Waals surface area contributed by atoms with Gasteiger partial charge in [-0.05, 0) is 53.9 Å². The van der Waals surface area contributed by atoms with Crippen molar-refractivity contribution in [3.8, 4) is 0 Å². The number of benzene rings is 4. The number of halogens is 1. The molecule has 2 atom stereocenters. The van der Waals surface area contributed by atoms with Crippen LogP contribution in [0, 0.1) is 6.92 Å². The Labute approximate surface area is 237 Å². The number of aryl methyl sites for hydroxylation is 1. The van der Waals surface area contributed by atoms with Crippen molar-refractivity contribution >= 4 is 35.2 Å². The topological polar surface area (TPSA) is 87.7 Å². The third kappa shape index (κ3) is 6.33. The van der Waals surface area contributed by atoms with Gasteiger partial charge < -0.3 is 15.4 Å². The molecule has 7 nitrogen and oxygen atoms in total. The van der Waals surface area contributed by atoms with Crippen LogP contribution in [0.5, 0.6) is 0 Å². The molecule has 4 aromatic carbocycles. The molecule has 202 valence electrons. The third-order valence-electron chi connectivity index (χ3n) is 6.70. The zero-order valence-electron chi connectivity index (χ0n) is 21.8. The highest BCUT2D eigenvalue weighted by Crippen LogP contribution is 2.35. The van der Waals surface area contributed by atoms with Crippen LogP contribution in [0.15, 0.2) is 103 Å². The highest BCUT2D eigenvalue weighted by atomic mass is 35.5. The number of hydrogen-bond donors (Lipinski definition) is 2. The molecule has 3 amide bonds. The quantitative estimate of drug-likeness (QED) is 0.269. The molecule has 1 saturated heterocycles. The van der Waals surface area contributed by atoms with Crippen molar-refractivity contribution in [3.05, 3.63) is 136 Å². The first-order valence-electron chi connectivity index (χ1n) is 12.9. The standard InChI is InChI=1S/C32H28ClN3O4/c1-21-13-15-23(16-14-21)20-36-28(31(38)34-19-22-7-3-2-4-8-22)29(40-32(36)39)24-9-6-12-27(18-24)35-30(37)25-10-5-11-26(33)17-25/h2-18,28-29H,19-20H2,1H3,(H,34,38)(H,35,37). The number of amides is 3. The van der Waals surface area contributed by atoms with Gasteiger partial charge in [-0.25, -0.2) is 4.79 Å². The van der Waals surface area contributed by atoms with Crippen molar-refractivity contribution in [2.24, 2.45) is 0 Å². The molecule has 0 bridgehead atoms. The van der Waals surface area contributed by atoms with Crippen molar-refractivity contribution in [3.63, 3.8) is 0 Å². The van der Waals surface area contributed by atoms with E-state index >= 15 is 0 Å². The first-order valence-corrected chi connectivity index (χ1v) is 13.3. The number of cyclic esters (lactones) is 1. The SMILES string of the molecule is Cc1ccc(CN2C(=O)OC(c3cccc(NC(=O)c4cccc(Cl)c4)c3)C2C(=O)NCc2ccccc2)cc1. The first kappa shape index (κ1) is 27.0. The number of rotatable bonds is 8. The molecular weight excluding hydrogens is 526 g/mol. The summed E-state index contributed by atoms with van der Waals surface area (Å²) in [5.41, 5.74) is 4.41. The Hall–Kier alpha value is -4.62. The Morgan fingerprint density at radius 3 is 2.38 bits per heavy atom. The smallest absolute Gasteiger partial charge is 0.411 e. The lowest BCUT2D eigenvalue weighted by Crippen LogP contribution is -2.46. The van der Waals surface area contributed by atoms with Gasteiger partial charge in [0.2, 0.25) is 5.91 Å². The molecule has 0 radical (unpaired) electrons. The zero-order chi connectivity index (χ0) is 28.1. The predicted octanol–water partition coefficient (Wildman–Crippen LogP) is 6.28. The number of ether oxygens (including phenoxy) is 1. The minimum absolute atomic E-state index is 0.213. The number of carbonyl (C=O) groups excluding carboxylic acids is 3. The molecule has 1 heterocycles. The van der Waals surface area contributed by atoms with Crippen LogP contribution in [0.2, 0.25) is 5.02 Å². The van der Waals surface area contributed by atoms with E-state index in [1.807, 2.05) is 61.5 Å². The van der Waals surface area contributed by atoms with Gasteiger partial charge in [0.25, 0.3) is 5.91 Å². The van der Waals surface area contributed by atoms with Gasteiger partial charge in [0.1, 0.15) is 0 Å². The number of nitrogens with one attached hydrogen (secondary N) is 2. The highest BCUT2D eigenvalue weighted by Gasteiger charge is 2.47. The molecular formula is C32H28ClN3O4. The Bertz CT molecular complexity index is 1520. The van der Waals surface area contributed by atoms with E-state index in [2.05, 4.69) is 10.6 Å². The van der Waals surface area contributed by atoms with Crippen LogP contribution in [-0.4, -0.2) is 28.8 Å². The van der Waals surface area contributed by atoms with Crippen molar-refractivity contribution in [2.45, 2.75) is 32.2 Å². The van der Waals surface area contributed by atoms with Crippen LogP contribution in [0.4, 0.5) is 10.5 Å². The van der Waals surface area contributed by atoms with E-state index in [0.717, 1.165) is 16.7 Å². The Morgan fingerprint density at radius 2 is 1.62 bits per heavy atom. The normalized spacial score (nSPS) is 16.4. The fraction of sp³-hybridized carbons (Fsp3) is 0.156. The van der Waals surface area contributed by atoms with Gasteiger partial charge >= 0.3 is 6.09 Å². The Kier molecular flexibility index (Phi) is 8.12. The Balaban J connectivity index is 1.40. The summed E-state index contributed by atoms with van der Waals surface area (Å²) >= 11 is 6.04. The summed E-state index contributed by atoms with van der Waals surface area (Å²) in [6, 6.07) is 30.0. The first-order chi connectivity index (χ1) is 19.4. The van der Waals surface area contributed by atoms with Gasteiger partial charge in [0.15, 0.2) is 12.1 Å². The predicted molar refractivity (Wildman–Crippen MR) is 154 cm³/mol. The van der Waals surface area contributed by atoms with Crippen LogP contribution >= 0.6 is 11.6 Å². The monoisotopic (exact) mass is 553 g/mol. The van der Waals surface area contributed by atoms with Crippen molar-refractivity contribution in [1.29, 1.82) is 0 Å². The average Bonchev–Trinajstić information content (AvgIpc) is 3.29. The molecule has 5 rings (SSSR count). The molecule has 0 aliphatic carbocycles. The van der Waals surface area contributed by atoms with Gasteiger partial charge in [-0.15, -0.1) is 0 Å². The summed E-state index contributed by atoms with van der Waals surface area (Å²) in [5, 5.41) is 6.28. The molecule has 2 unspecified atom stereocenters. The number of carbonyl (C=O) groups is 3. The summed E-state index contributed by atoms with van der Waals surface area (Å²) in [7, 11) is 0. The van der Waals surface area contributed by atoms with Gasteiger partial charge in [-0.2, -0.15) is 0 Å². The molecule has 2 N–H and O–H groups in total. The van der Waals surface area contributed by atoms with Crippen LogP contribution < -0.4 is 10.6 Å². The summed E-state index contributed by atoms with van der Waals surface area (Å²) < 4.78 is 5.80. The van der Waals surface area contributed by atoms with Gasteiger partial charge in [0, 0.05) is 22.8 Å². The van der Waals surface area contributed by atoms with E-state index in [9.17, 15) is 14.4 Å². The number of hydrogen-bond acceptors (Lipinski definition) is 4. The van der Waals surface area contributed by atoms with Crippen molar-refractivity contribution in [2.75, 3.05) is 5.32 Å². The maximum absolute atomic E-state index is 13.6. The van der Waals surface area contributed by atoms with Gasteiger partial charge in [-0.1, -0.05) is 90.0 Å². The molecule has 4 aromatic rings. The van der Waals surface area contributed by atoms with Crippen molar-refractivity contribution < 1.29 is 19.1 Å². The second kappa shape index (κ2) is 12.1. The van der Waals surface area contributed by atoms with Crippen LogP contribution in [0.1, 0.15) is 38.7 Å². The summed E-state index contributed by atoms with van der Waals surface area (Å²) in [4.78, 5) is 41.0. The van der Waals surface area contributed by atoms with E-state index in [-0.39, 0.29) is 18.4 Å². The van der Waals surface area contributed by atoms with E-state index in [4.69, 9.17) is 16.3 Å².